The Morgan fingerprint density at radius 3 is 2.67 bits per heavy atom. The van der Waals surface area contributed by atoms with Crippen LogP contribution in [0.25, 0.3) is 0 Å². The van der Waals surface area contributed by atoms with Crippen LogP contribution < -0.4 is 10.6 Å². The van der Waals surface area contributed by atoms with Crippen molar-refractivity contribution in [3.63, 3.8) is 0 Å². The molecule has 0 radical (unpaired) electrons. The third-order valence-corrected chi connectivity index (χ3v) is 2.90. The van der Waals surface area contributed by atoms with Gasteiger partial charge in [-0.3, -0.25) is 0 Å². The first-order valence-electron chi connectivity index (χ1n) is 5.13. The van der Waals surface area contributed by atoms with Crippen molar-refractivity contribution in [2.45, 2.75) is 45.2 Å². The molecule has 0 aromatic carbocycles. The first-order chi connectivity index (χ1) is 5.72. The van der Waals surface area contributed by atoms with E-state index < -0.39 is 0 Å². The van der Waals surface area contributed by atoms with Gasteiger partial charge in [-0.05, 0) is 39.2 Å². The van der Waals surface area contributed by atoms with Crippen LogP contribution in [0.3, 0.4) is 0 Å². The Morgan fingerprint density at radius 2 is 2.17 bits per heavy atom. The topological polar surface area (TPSA) is 24.1 Å². The summed E-state index contributed by atoms with van der Waals surface area (Å²) in [5.74, 6) is 0.937. The van der Waals surface area contributed by atoms with Gasteiger partial charge in [0.15, 0.2) is 0 Å². The van der Waals surface area contributed by atoms with Crippen molar-refractivity contribution in [2.24, 2.45) is 5.92 Å². The summed E-state index contributed by atoms with van der Waals surface area (Å²) in [6.07, 6.45) is 4.15. The van der Waals surface area contributed by atoms with Crippen molar-refractivity contribution in [3.8, 4) is 0 Å². The third-order valence-electron chi connectivity index (χ3n) is 2.90. The molecule has 1 aliphatic rings. The Hall–Kier alpha value is -0.0800. The molecule has 2 N–H and O–H groups in total. The molecule has 12 heavy (non-hydrogen) atoms. The molecule has 0 aliphatic heterocycles. The van der Waals surface area contributed by atoms with E-state index in [-0.39, 0.29) is 0 Å². The zero-order valence-electron chi connectivity index (χ0n) is 8.56. The van der Waals surface area contributed by atoms with Gasteiger partial charge in [-0.25, -0.2) is 0 Å². The predicted octanol–water partition coefficient (Wildman–Crippen LogP) is 1.37. The average molecular weight is 170 g/mol. The van der Waals surface area contributed by atoms with Crippen LogP contribution in [0.15, 0.2) is 0 Å². The van der Waals surface area contributed by atoms with Crippen LogP contribution in [-0.4, -0.2) is 25.7 Å². The van der Waals surface area contributed by atoms with E-state index in [9.17, 15) is 0 Å². The lowest BCUT2D eigenvalue weighted by molar-refractivity contribution is 0.458. The van der Waals surface area contributed by atoms with Crippen LogP contribution in [0.4, 0.5) is 0 Å². The van der Waals surface area contributed by atoms with Gasteiger partial charge in [-0.15, -0.1) is 0 Å². The lowest BCUT2D eigenvalue weighted by Gasteiger charge is -2.16. The van der Waals surface area contributed by atoms with E-state index in [0.717, 1.165) is 18.5 Å². The zero-order chi connectivity index (χ0) is 8.97. The second-order valence-electron chi connectivity index (χ2n) is 4.21. The maximum Gasteiger partial charge on any atom is 0.0161 e. The summed E-state index contributed by atoms with van der Waals surface area (Å²) < 4.78 is 0. The highest BCUT2D eigenvalue weighted by Crippen LogP contribution is 2.24. The molecule has 0 heterocycles. The van der Waals surface area contributed by atoms with Crippen LogP contribution in [0.2, 0.25) is 0 Å². The summed E-state index contributed by atoms with van der Waals surface area (Å²) in [4.78, 5) is 0. The first kappa shape index (κ1) is 10.0. The number of hydrogen-bond acceptors (Lipinski definition) is 2. The number of rotatable bonds is 4. The van der Waals surface area contributed by atoms with Crippen LogP contribution in [0.1, 0.15) is 33.1 Å². The molecule has 2 heteroatoms. The highest BCUT2D eigenvalue weighted by atomic mass is 15.0. The Labute approximate surface area is 76.1 Å². The van der Waals surface area contributed by atoms with E-state index in [4.69, 9.17) is 0 Å². The lowest BCUT2D eigenvalue weighted by atomic mass is 10.1. The highest BCUT2D eigenvalue weighted by molar-refractivity contribution is 4.79. The minimum absolute atomic E-state index is 0.598. The average Bonchev–Trinajstić information content (AvgIpc) is 2.47. The van der Waals surface area contributed by atoms with Gasteiger partial charge < -0.3 is 10.6 Å². The van der Waals surface area contributed by atoms with Gasteiger partial charge >= 0.3 is 0 Å². The summed E-state index contributed by atoms with van der Waals surface area (Å²) in [6.45, 7) is 5.67. The molecule has 3 atom stereocenters. The van der Waals surface area contributed by atoms with Crippen LogP contribution in [0, 0.1) is 5.92 Å². The van der Waals surface area contributed by atoms with Gasteiger partial charge in [0.25, 0.3) is 0 Å². The molecule has 0 bridgehead atoms. The quantitative estimate of drug-likeness (QED) is 0.666. The van der Waals surface area contributed by atoms with Crippen molar-refractivity contribution >= 4 is 0 Å². The largest absolute Gasteiger partial charge is 0.316 e. The van der Waals surface area contributed by atoms with Crippen molar-refractivity contribution in [1.82, 2.24) is 10.6 Å². The number of hydrogen-bond donors (Lipinski definition) is 2. The molecular weight excluding hydrogens is 148 g/mol. The maximum absolute atomic E-state index is 3.60. The standard InChI is InChI=1S/C10H22N2/c1-8-4-5-10(6-8)12-7-9(2)11-3/h8-12H,4-7H2,1-3H3. The van der Waals surface area contributed by atoms with Gasteiger partial charge in [0.1, 0.15) is 0 Å². The van der Waals surface area contributed by atoms with Gasteiger partial charge in [-0.2, -0.15) is 0 Å². The second kappa shape index (κ2) is 4.83. The SMILES string of the molecule is CNC(C)CNC1CCC(C)C1. The molecule has 3 unspecified atom stereocenters. The van der Waals surface area contributed by atoms with Crippen molar-refractivity contribution in [1.29, 1.82) is 0 Å². The summed E-state index contributed by atoms with van der Waals surface area (Å²) >= 11 is 0. The van der Waals surface area contributed by atoms with E-state index in [1.165, 1.54) is 19.3 Å². The minimum atomic E-state index is 0.598. The van der Waals surface area contributed by atoms with E-state index in [1.54, 1.807) is 0 Å². The van der Waals surface area contributed by atoms with Crippen LogP contribution >= 0.6 is 0 Å². The molecule has 1 aliphatic carbocycles. The van der Waals surface area contributed by atoms with Crippen molar-refractivity contribution in [3.05, 3.63) is 0 Å². The van der Waals surface area contributed by atoms with Gasteiger partial charge in [0, 0.05) is 18.6 Å². The first-order valence-corrected chi connectivity index (χ1v) is 5.13. The zero-order valence-corrected chi connectivity index (χ0v) is 8.56. The van der Waals surface area contributed by atoms with Crippen LogP contribution in [0.5, 0.6) is 0 Å². The molecule has 0 amide bonds. The van der Waals surface area contributed by atoms with Gasteiger partial charge in [0.05, 0.1) is 0 Å². The maximum atomic E-state index is 3.60. The van der Waals surface area contributed by atoms with E-state index in [2.05, 4.69) is 24.5 Å². The number of nitrogens with one attached hydrogen (secondary N) is 2. The van der Waals surface area contributed by atoms with Gasteiger partial charge in [-0.1, -0.05) is 6.92 Å². The fourth-order valence-electron chi connectivity index (χ4n) is 1.84. The normalized spacial score (nSPS) is 32.2. The van der Waals surface area contributed by atoms with E-state index in [0.29, 0.717) is 6.04 Å². The molecule has 1 fully saturated rings. The lowest BCUT2D eigenvalue weighted by Crippen LogP contribution is -2.38. The Balaban J connectivity index is 2.07. The van der Waals surface area contributed by atoms with Crippen molar-refractivity contribution < 1.29 is 0 Å². The molecule has 0 spiro atoms. The molecule has 72 valence electrons. The summed E-state index contributed by atoms with van der Waals surface area (Å²) in [6, 6.07) is 1.39. The molecule has 0 saturated heterocycles. The Morgan fingerprint density at radius 1 is 1.42 bits per heavy atom. The Kier molecular flexibility index (Phi) is 4.02. The fourth-order valence-corrected chi connectivity index (χ4v) is 1.84. The summed E-state index contributed by atoms with van der Waals surface area (Å²) in [5.41, 5.74) is 0. The van der Waals surface area contributed by atoms with Gasteiger partial charge in [0.2, 0.25) is 0 Å². The van der Waals surface area contributed by atoms with E-state index in [1.807, 2.05) is 7.05 Å². The molecule has 1 saturated carbocycles. The minimum Gasteiger partial charge on any atom is -0.316 e. The predicted molar refractivity (Wildman–Crippen MR) is 53.3 cm³/mol. The van der Waals surface area contributed by atoms with Crippen molar-refractivity contribution in [2.75, 3.05) is 13.6 Å². The number of likely N-dealkylation sites (N-methyl/N-ethyl adjacent to an activating group) is 1. The second-order valence-corrected chi connectivity index (χ2v) is 4.21. The fraction of sp³-hybridized carbons (Fsp3) is 1.00. The third kappa shape index (κ3) is 3.11. The molecule has 0 aromatic rings. The summed E-state index contributed by atoms with van der Waals surface area (Å²) in [7, 11) is 2.02. The smallest absolute Gasteiger partial charge is 0.0161 e. The molecular formula is C10H22N2. The highest BCUT2D eigenvalue weighted by Gasteiger charge is 2.20. The summed E-state index contributed by atoms with van der Waals surface area (Å²) in [5, 5.41) is 6.84. The monoisotopic (exact) mass is 170 g/mol. The Bertz CT molecular complexity index is 125. The molecule has 2 nitrogen and oxygen atoms in total. The molecule has 0 aromatic heterocycles. The van der Waals surface area contributed by atoms with Crippen LogP contribution in [-0.2, 0) is 0 Å². The molecule has 1 rings (SSSR count). The van der Waals surface area contributed by atoms with E-state index >= 15 is 0 Å².